The zero-order chi connectivity index (χ0) is 17.4. The summed E-state index contributed by atoms with van der Waals surface area (Å²) in [6.07, 6.45) is 1.92. The van der Waals surface area contributed by atoms with Gasteiger partial charge in [0.2, 0.25) is 0 Å². The van der Waals surface area contributed by atoms with Gasteiger partial charge in [0.05, 0.1) is 18.0 Å². The molecule has 1 amide bonds. The Morgan fingerprint density at radius 1 is 1.24 bits per heavy atom. The average molecular weight is 355 g/mol. The van der Waals surface area contributed by atoms with Crippen LogP contribution in [0.2, 0.25) is 0 Å². The van der Waals surface area contributed by atoms with Gasteiger partial charge in [-0.3, -0.25) is 4.79 Å². The van der Waals surface area contributed by atoms with Crippen molar-refractivity contribution in [1.29, 1.82) is 0 Å². The van der Waals surface area contributed by atoms with Crippen LogP contribution in [-0.4, -0.2) is 24.5 Å². The molecular formula is C20H18FNO2S. The van der Waals surface area contributed by atoms with E-state index >= 15 is 0 Å². The molecule has 1 saturated heterocycles. The lowest BCUT2D eigenvalue weighted by Gasteiger charge is -2.25. The highest BCUT2D eigenvalue weighted by Crippen LogP contribution is 2.36. The minimum atomic E-state index is -0.278. The number of rotatable bonds is 3. The Balaban J connectivity index is 1.65. The summed E-state index contributed by atoms with van der Waals surface area (Å²) in [6, 6.07) is 14.4. The van der Waals surface area contributed by atoms with Crippen LogP contribution in [0.25, 0.3) is 10.1 Å². The summed E-state index contributed by atoms with van der Waals surface area (Å²) in [6.45, 7) is 0.739. The number of methoxy groups -OCH3 is 1. The second-order valence-electron chi connectivity index (χ2n) is 6.23. The van der Waals surface area contributed by atoms with Crippen molar-refractivity contribution in [2.24, 2.45) is 0 Å². The van der Waals surface area contributed by atoms with Crippen LogP contribution < -0.4 is 4.74 Å². The standard InChI is InChI=1S/C20H18FNO2S/c1-24-16-5-2-4-13(11-16)17-6-3-9-22(17)20(23)19-12-14-10-15(21)7-8-18(14)25-19/h2,4-5,7-8,10-12,17H,3,6,9H2,1H3. The molecule has 0 spiro atoms. The van der Waals surface area contributed by atoms with Crippen LogP contribution in [0.4, 0.5) is 4.39 Å². The molecule has 0 saturated carbocycles. The number of nitrogens with zero attached hydrogens (tertiary/aromatic N) is 1. The maximum Gasteiger partial charge on any atom is 0.264 e. The molecule has 0 radical (unpaired) electrons. The van der Waals surface area contributed by atoms with Gasteiger partial charge in [0.15, 0.2) is 0 Å². The molecule has 3 nitrogen and oxygen atoms in total. The van der Waals surface area contributed by atoms with Gasteiger partial charge in [0, 0.05) is 11.2 Å². The smallest absolute Gasteiger partial charge is 0.264 e. The zero-order valence-electron chi connectivity index (χ0n) is 13.9. The molecule has 1 aliphatic heterocycles. The predicted molar refractivity (Wildman–Crippen MR) is 97.8 cm³/mol. The summed E-state index contributed by atoms with van der Waals surface area (Å²) in [5.74, 6) is 0.542. The number of hydrogen-bond donors (Lipinski definition) is 0. The van der Waals surface area contributed by atoms with Crippen LogP contribution in [0.1, 0.15) is 34.1 Å². The Kier molecular flexibility index (Phi) is 4.17. The van der Waals surface area contributed by atoms with E-state index in [1.807, 2.05) is 29.2 Å². The molecule has 4 rings (SSSR count). The van der Waals surface area contributed by atoms with E-state index in [2.05, 4.69) is 0 Å². The minimum Gasteiger partial charge on any atom is -0.497 e. The fourth-order valence-corrected chi connectivity index (χ4v) is 4.47. The lowest BCUT2D eigenvalue weighted by molar-refractivity contribution is 0.0740. The Labute approximate surface area is 149 Å². The van der Waals surface area contributed by atoms with Crippen LogP contribution in [0.5, 0.6) is 5.75 Å². The number of amides is 1. The van der Waals surface area contributed by atoms with Crippen molar-refractivity contribution in [2.75, 3.05) is 13.7 Å². The first kappa shape index (κ1) is 16.1. The summed E-state index contributed by atoms with van der Waals surface area (Å²) in [7, 11) is 1.65. The molecule has 0 aliphatic carbocycles. The second-order valence-corrected chi connectivity index (χ2v) is 7.31. The number of likely N-dealkylation sites (tertiary alicyclic amines) is 1. The Morgan fingerprint density at radius 3 is 2.96 bits per heavy atom. The molecule has 1 atom stereocenters. The van der Waals surface area contributed by atoms with Crippen molar-refractivity contribution >= 4 is 27.3 Å². The molecule has 128 valence electrons. The van der Waals surface area contributed by atoms with Gasteiger partial charge >= 0.3 is 0 Å². The maximum absolute atomic E-state index is 13.4. The van der Waals surface area contributed by atoms with Crippen molar-refractivity contribution in [3.05, 3.63) is 64.8 Å². The molecule has 1 fully saturated rings. The fourth-order valence-electron chi connectivity index (χ4n) is 3.47. The summed E-state index contributed by atoms with van der Waals surface area (Å²) in [4.78, 5) is 15.6. The van der Waals surface area contributed by atoms with Crippen LogP contribution in [0, 0.1) is 5.82 Å². The van der Waals surface area contributed by atoms with Crippen molar-refractivity contribution in [3.8, 4) is 5.75 Å². The SMILES string of the molecule is COc1cccc(C2CCCN2C(=O)c2cc3cc(F)ccc3s2)c1. The van der Waals surface area contributed by atoms with Crippen molar-refractivity contribution < 1.29 is 13.9 Å². The monoisotopic (exact) mass is 355 g/mol. The molecule has 0 bridgehead atoms. The van der Waals surface area contributed by atoms with Crippen LogP contribution in [0.15, 0.2) is 48.5 Å². The summed E-state index contributed by atoms with van der Waals surface area (Å²) in [5.41, 5.74) is 1.09. The number of fused-ring (bicyclic) bond motifs is 1. The fraction of sp³-hybridized carbons (Fsp3) is 0.250. The van der Waals surface area contributed by atoms with Gasteiger partial charge in [-0.2, -0.15) is 0 Å². The zero-order valence-corrected chi connectivity index (χ0v) is 14.7. The van der Waals surface area contributed by atoms with E-state index < -0.39 is 0 Å². The number of carbonyl (C=O) groups excluding carboxylic acids is 1. The van der Waals surface area contributed by atoms with Crippen molar-refractivity contribution in [1.82, 2.24) is 4.90 Å². The Bertz CT molecular complexity index is 936. The van der Waals surface area contributed by atoms with E-state index in [0.29, 0.717) is 4.88 Å². The third-order valence-corrected chi connectivity index (χ3v) is 5.79. The maximum atomic E-state index is 13.4. The predicted octanol–water partition coefficient (Wildman–Crippen LogP) is 5.03. The van der Waals surface area contributed by atoms with Gasteiger partial charge in [0.25, 0.3) is 5.91 Å². The highest BCUT2D eigenvalue weighted by atomic mass is 32.1. The molecule has 5 heteroatoms. The highest BCUT2D eigenvalue weighted by Gasteiger charge is 2.31. The van der Waals surface area contributed by atoms with Gasteiger partial charge in [-0.1, -0.05) is 12.1 Å². The molecule has 25 heavy (non-hydrogen) atoms. The van der Waals surface area contributed by atoms with Crippen molar-refractivity contribution in [2.45, 2.75) is 18.9 Å². The lowest BCUT2D eigenvalue weighted by Crippen LogP contribution is -2.29. The number of carbonyl (C=O) groups is 1. The Morgan fingerprint density at radius 2 is 2.12 bits per heavy atom. The number of ether oxygens (including phenoxy) is 1. The van der Waals surface area contributed by atoms with Crippen LogP contribution in [-0.2, 0) is 0 Å². The second kappa shape index (κ2) is 6.48. The third-order valence-electron chi connectivity index (χ3n) is 4.68. The van der Waals surface area contributed by atoms with Crippen LogP contribution >= 0.6 is 11.3 Å². The Hall–Kier alpha value is -2.40. The van der Waals surface area contributed by atoms with E-state index in [4.69, 9.17) is 4.74 Å². The molecule has 3 aromatic rings. The van der Waals surface area contributed by atoms with Gasteiger partial charge in [0.1, 0.15) is 11.6 Å². The largest absolute Gasteiger partial charge is 0.497 e. The summed E-state index contributed by atoms with van der Waals surface area (Å²) >= 11 is 1.42. The number of benzene rings is 2. The minimum absolute atomic E-state index is 0.0203. The summed E-state index contributed by atoms with van der Waals surface area (Å²) < 4.78 is 19.6. The molecular weight excluding hydrogens is 337 g/mol. The number of hydrogen-bond acceptors (Lipinski definition) is 3. The molecule has 2 heterocycles. The van der Waals surface area contributed by atoms with E-state index in [9.17, 15) is 9.18 Å². The van der Waals surface area contributed by atoms with Crippen LogP contribution in [0.3, 0.4) is 0 Å². The van der Waals surface area contributed by atoms with Gasteiger partial charge in [-0.15, -0.1) is 11.3 Å². The first-order valence-corrected chi connectivity index (χ1v) is 9.11. The third kappa shape index (κ3) is 3.00. The molecule has 0 N–H and O–H groups in total. The molecule has 2 aromatic carbocycles. The van der Waals surface area contributed by atoms with Gasteiger partial charge in [-0.25, -0.2) is 4.39 Å². The highest BCUT2D eigenvalue weighted by molar-refractivity contribution is 7.20. The molecule has 1 aromatic heterocycles. The van der Waals surface area contributed by atoms with Gasteiger partial charge in [-0.05, 0) is 60.2 Å². The topological polar surface area (TPSA) is 29.5 Å². The normalized spacial score (nSPS) is 17.2. The van der Waals surface area contributed by atoms with E-state index in [1.165, 1.54) is 23.5 Å². The van der Waals surface area contributed by atoms with Gasteiger partial charge < -0.3 is 9.64 Å². The van der Waals surface area contributed by atoms with E-state index in [0.717, 1.165) is 40.8 Å². The van der Waals surface area contributed by atoms with Crippen molar-refractivity contribution in [3.63, 3.8) is 0 Å². The summed E-state index contributed by atoms with van der Waals surface area (Å²) in [5, 5.41) is 0.783. The van der Waals surface area contributed by atoms with E-state index in [-0.39, 0.29) is 17.8 Å². The quantitative estimate of drug-likeness (QED) is 0.660. The number of thiophene rings is 1. The first-order chi connectivity index (χ1) is 12.2. The lowest BCUT2D eigenvalue weighted by atomic mass is 10.0. The van der Waals surface area contributed by atoms with E-state index in [1.54, 1.807) is 19.2 Å². The molecule has 1 unspecified atom stereocenters. The average Bonchev–Trinajstić information content (AvgIpc) is 3.27. The molecule has 1 aliphatic rings. The first-order valence-electron chi connectivity index (χ1n) is 8.30. The number of halogens is 1.